The Bertz CT molecular complexity index is 764. The van der Waals surface area contributed by atoms with Crippen molar-refractivity contribution in [3.8, 4) is 10.6 Å². The van der Waals surface area contributed by atoms with Gasteiger partial charge in [0.2, 0.25) is 0 Å². The van der Waals surface area contributed by atoms with Crippen LogP contribution in [0.3, 0.4) is 0 Å². The third-order valence-corrected chi connectivity index (χ3v) is 5.48. The highest BCUT2D eigenvalue weighted by Gasteiger charge is 2.20. The number of hydrogen-bond acceptors (Lipinski definition) is 5. The van der Waals surface area contributed by atoms with Crippen LogP contribution in [0.2, 0.25) is 0 Å². The van der Waals surface area contributed by atoms with Crippen LogP contribution in [0.4, 0.5) is 0 Å². The minimum absolute atomic E-state index is 0.0726. The smallest absolute Gasteiger partial charge is 0.263 e. The number of hydrogen-bond donors (Lipinski definition) is 1. The molecule has 6 nitrogen and oxygen atoms in total. The Morgan fingerprint density at radius 2 is 1.85 bits per heavy atom. The summed E-state index contributed by atoms with van der Waals surface area (Å²) in [5.41, 5.74) is 1.61. The lowest BCUT2D eigenvalue weighted by Gasteiger charge is -2.32. The molecule has 1 N–H and O–H groups in total. The van der Waals surface area contributed by atoms with Gasteiger partial charge in [0.05, 0.1) is 6.20 Å². The summed E-state index contributed by atoms with van der Waals surface area (Å²) in [5, 5.41) is 3.64. The molecule has 0 aliphatic carbocycles. The van der Waals surface area contributed by atoms with Crippen LogP contribution in [0.1, 0.15) is 33.4 Å². The zero-order chi connectivity index (χ0) is 18.5. The Morgan fingerprint density at radius 3 is 2.50 bits per heavy atom. The molecule has 0 saturated carbocycles. The van der Waals surface area contributed by atoms with Gasteiger partial charge in [0.25, 0.3) is 11.8 Å². The van der Waals surface area contributed by atoms with Gasteiger partial charge in [-0.05, 0) is 25.6 Å². The van der Waals surface area contributed by atoms with E-state index in [0.717, 1.165) is 43.2 Å². The Kier molecular flexibility index (Phi) is 6.00. The predicted molar refractivity (Wildman–Crippen MR) is 104 cm³/mol. The van der Waals surface area contributed by atoms with Crippen molar-refractivity contribution in [1.82, 2.24) is 20.1 Å². The Labute approximate surface area is 157 Å². The average molecular weight is 372 g/mol. The van der Waals surface area contributed by atoms with Crippen LogP contribution in [-0.4, -0.2) is 66.4 Å². The number of carbonyl (C=O) groups excluding carboxylic acids is 2. The number of likely N-dealkylation sites (N-methyl/N-ethyl adjacent to an activating group) is 1. The van der Waals surface area contributed by atoms with Crippen molar-refractivity contribution in [1.29, 1.82) is 0 Å². The van der Waals surface area contributed by atoms with Crippen molar-refractivity contribution >= 4 is 23.2 Å². The second-order valence-corrected chi connectivity index (χ2v) is 7.49. The average Bonchev–Trinajstić information content (AvgIpc) is 3.16. The molecule has 1 fully saturated rings. The van der Waals surface area contributed by atoms with Crippen LogP contribution >= 0.6 is 11.3 Å². The molecule has 2 aromatic rings. The fourth-order valence-corrected chi connectivity index (χ4v) is 3.62. The molecule has 0 bridgehead atoms. The van der Waals surface area contributed by atoms with Crippen LogP contribution in [0.25, 0.3) is 10.6 Å². The number of benzene rings is 1. The third-order valence-electron chi connectivity index (χ3n) is 4.43. The van der Waals surface area contributed by atoms with Crippen LogP contribution in [0.5, 0.6) is 0 Å². The van der Waals surface area contributed by atoms with E-state index in [1.807, 2.05) is 36.1 Å². The van der Waals surface area contributed by atoms with Gasteiger partial charge in [-0.15, -0.1) is 11.3 Å². The molecule has 0 atom stereocenters. The van der Waals surface area contributed by atoms with Gasteiger partial charge in [-0.1, -0.05) is 19.1 Å². The Balaban J connectivity index is 1.67. The monoisotopic (exact) mass is 372 g/mol. The second-order valence-electron chi connectivity index (χ2n) is 6.46. The molecule has 2 heterocycles. The number of amides is 2. The summed E-state index contributed by atoms with van der Waals surface area (Å²) in [5.74, 6) is -0.0131. The van der Waals surface area contributed by atoms with Crippen molar-refractivity contribution in [2.75, 3.05) is 39.8 Å². The molecule has 1 aliphatic rings. The van der Waals surface area contributed by atoms with E-state index >= 15 is 0 Å². The molecular weight excluding hydrogens is 348 g/mol. The largest absolute Gasteiger partial charge is 0.351 e. The summed E-state index contributed by atoms with van der Waals surface area (Å²) < 4.78 is 0. The van der Waals surface area contributed by atoms with E-state index < -0.39 is 0 Å². The lowest BCUT2D eigenvalue weighted by Crippen LogP contribution is -2.47. The summed E-state index contributed by atoms with van der Waals surface area (Å²) in [4.78, 5) is 33.7. The molecule has 1 aromatic heterocycles. The number of rotatable bonds is 5. The van der Waals surface area contributed by atoms with E-state index in [0.29, 0.717) is 17.0 Å². The highest BCUT2D eigenvalue weighted by atomic mass is 32.1. The predicted octanol–water partition coefficient (Wildman–Crippen LogP) is 2.34. The maximum absolute atomic E-state index is 12.6. The van der Waals surface area contributed by atoms with Gasteiger partial charge in [0, 0.05) is 43.9 Å². The second kappa shape index (κ2) is 8.42. The first-order chi connectivity index (χ1) is 12.6. The van der Waals surface area contributed by atoms with Gasteiger partial charge in [-0.3, -0.25) is 9.59 Å². The van der Waals surface area contributed by atoms with Crippen LogP contribution < -0.4 is 5.32 Å². The lowest BCUT2D eigenvalue weighted by molar-refractivity contribution is 0.0664. The summed E-state index contributed by atoms with van der Waals surface area (Å²) >= 11 is 1.36. The van der Waals surface area contributed by atoms with Crippen molar-refractivity contribution in [3.05, 3.63) is 40.9 Å². The first-order valence-electron chi connectivity index (χ1n) is 8.90. The van der Waals surface area contributed by atoms with E-state index in [4.69, 9.17) is 0 Å². The maximum Gasteiger partial charge on any atom is 0.263 e. The Morgan fingerprint density at radius 1 is 1.15 bits per heavy atom. The zero-order valence-electron chi connectivity index (χ0n) is 15.2. The molecule has 0 unspecified atom stereocenters. The van der Waals surface area contributed by atoms with Gasteiger partial charge < -0.3 is 15.1 Å². The van der Waals surface area contributed by atoms with E-state index in [9.17, 15) is 9.59 Å². The molecule has 1 aliphatic heterocycles. The summed E-state index contributed by atoms with van der Waals surface area (Å²) in [6.45, 7) is 6.02. The molecular formula is C19H24N4O2S. The molecule has 1 aromatic carbocycles. The fraction of sp³-hybridized carbons (Fsp3) is 0.421. The van der Waals surface area contributed by atoms with E-state index in [-0.39, 0.29) is 11.8 Å². The minimum Gasteiger partial charge on any atom is -0.351 e. The normalized spacial score (nSPS) is 15.1. The molecule has 1 saturated heterocycles. The first kappa shape index (κ1) is 18.5. The number of thiazole rings is 1. The number of nitrogens with zero attached hydrogens (tertiary/aromatic N) is 3. The van der Waals surface area contributed by atoms with E-state index in [1.54, 1.807) is 6.20 Å². The van der Waals surface area contributed by atoms with Gasteiger partial charge in [0.1, 0.15) is 9.88 Å². The van der Waals surface area contributed by atoms with Crippen molar-refractivity contribution in [2.45, 2.75) is 13.3 Å². The number of piperazine rings is 1. The quantitative estimate of drug-likeness (QED) is 0.875. The fourth-order valence-electron chi connectivity index (χ4n) is 2.79. The standard InChI is InChI=1S/C19H24N4O2S/c1-3-8-20-17(24)16-13-21-18(26-16)14-4-6-15(7-5-14)19(25)23-11-9-22(2)10-12-23/h4-7,13H,3,8-12H2,1-2H3,(H,20,24). The minimum atomic E-state index is -0.0857. The molecule has 138 valence electrons. The number of nitrogens with one attached hydrogen (secondary N) is 1. The van der Waals surface area contributed by atoms with E-state index in [2.05, 4.69) is 22.2 Å². The third kappa shape index (κ3) is 4.28. The molecule has 0 spiro atoms. The molecule has 3 rings (SSSR count). The maximum atomic E-state index is 12.6. The lowest BCUT2D eigenvalue weighted by atomic mass is 10.1. The van der Waals surface area contributed by atoms with Gasteiger partial charge >= 0.3 is 0 Å². The van der Waals surface area contributed by atoms with Crippen LogP contribution in [-0.2, 0) is 0 Å². The highest BCUT2D eigenvalue weighted by Crippen LogP contribution is 2.25. The van der Waals surface area contributed by atoms with Crippen LogP contribution in [0, 0.1) is 0 Å². The van der Waals surface area contributed by atoms with Crippen molar-refractivity contribution in [3.63, 3.8) is 0 Å². The molecule has 2 amide bonds. The zero-order valence-corrected chi connectivity index (χ0v) is 16.0. The van der Waals surface area contributed by atoms with Gasteiger partial charge in [-0.25, -0.2) is 4.98 Å². The topological polar surface area (TPSA) is 65.5 Å². The van der Waals surface area contributed by atoms with Gasteiger partial charge in [-0.2, -0.15) is 0 Å². The highest BCUT2D eigenvalue weighted by molar-refractivity contribution is 7.16. The Hall–Kier alpha value is -2.25. The summed E-state index contributed by atoms with van der Waals surface area (Å²) in [6.07, 6.45) is 2.51. The number of aromatic nitrogens is 1. The number of carbonyl (C=O) groups is 2. The summed E-state index contributed by atoms with van der Waals surface area (Å²) in [6, 6.07) is 7.48. The van der Waals surface area contributed by atoms with Crippen molar-refractivity contribution in [2.24, 2.45) is 0 Å². The van der Waals surface area contributed by atoms with Gasteiger partial charge in [0.15, 0.2) is 0 Å². The molecule has 7 heteroatoms. The molecule has 0 radical (unpaired) electrons. The first-order valence-corrected chi connectivity index (χ1v) is 9.72. The molecule has 26 heavy (non-hydrogen) atoms. The van der Waals surface area contributed by atoms with Crippen LogP contribution in [0.15, 0.2) is 30.5 Å². The van der Waals surface area contributed by atoms with E-state index in [1.165, 1.54) is 11.3 Å². The van der Waals surface area contributed by atoms with Crippen molar-refractivity contribution < 1.29 is 9.59 Å². The summed E-state index contributed by atoms with van der Waals surface area (Å²) in [7, 11) is 2.07. The SMILES string of the molecule is CCCNC(=O)c1cnc(-c2ccc(C(=O)N3CCN(C)CC3)cc2)s1.